The molecule has 2 nitrogen and oxygen atoms in total. The van der Waals surface area contributed by atoms with Gasteiger partial charge in [-0.25, -0.2) is 0 Å². The molecule has 0 bridgehead atoms. The summed E-state index contributed by atoms with van der Waals surface area (Å²) in [6, 6.07) is 61.3. The molecule has 44 heavy (non-hydrogen) atoms. The molecule has 0 saturated carbocycles. The van der Waals surface area contributed by atoms with E-state index >= 15 is 0 Å². The highest BCUT2D eigenvalue weighted by atomic mass is 15.0. The minimum absolute atomic E-state index is 1.16. The normalized spacial score (nSPS) is 11.6. The molecule has 0 amide bonds. The highest BCUT2D eigenvalue weighted by Crippen LogP contribution is 2.42. The second-order valence-electron chi connectivity index (χ2n) is 11.4. The van der Waals surface area contributed by atoms with Gasteiger partial charge in [-0.1, -0.05) is 127 Å². The van der Waals surface area contributed by atoms with Gasteiger partial charge in [0.05, 0.1) is 22.1 Å². The van der Waals surface area contributed by atoms with Crippen LogP contribution in [0.3, 0.4) is 0 Å². The van der Waals surface area contributed by atoms with Crippen LogP contribution in [0.15, 0.2) is 170 Å². The van der Waals surface area contributed by atoms with Crippen molar-refractivity contribution < 1.29 is 0 Å². The van der Waals surface area contributed by atoms with E-state index in [-0.39, 0.29) is 0 Å². The third-order valence-electron chi connectivity index (χ3n) is 8.91. The molecule has 7 aromatic carbocycles. The summed E-state index contributed by atoms with van der Waals surface area (Å²) < 4.78 is 4.88. The first-order valence-electron chi connectivity index (χ1n) is 15.1. The molecule has 0 aliphatic rings. The van der Waals surface area contributed by atoms with Crippen LogP contribution >= 0.6 is 0 Å². The SMILES string of the molecule is c1ccc(-c2ccc(-n3c4ccccc4c4c3ccc3c5ccccc5n(-c5cccc(-c6ccccc6)c5)c34)cc2)cc1. The molecule has 206 valence electrons. The van der Waals surface area contributed by atoms with E-state index in [2.05, 4.69) is 179 Å². The van der Waals surface area contributed by atoms with Crippen molar-refractivity contribution in [2.45, 2.75) is 0 Å². The highest BCUT2D eigenvalue weighted by Gasteiger charge is 2.20. The van der Waals surface area contributed by atoms with Crippen molar-refractivity contribution in [3.8, 4) is 33.6 Å². The second kappa shape index (κ2) is 9.86. The number of rotatable bonds is 4. The van der Waals surface area contributed by atoms with Gasteiger partial charge in [-0.2, -0.15) is 0 Å². The van der Waals surface area contributed by atoms with Gasteiger partial charge in [0, 0.05) is 32.9 Å². The Labute approximate surface area is 255 Å². The van der Waals surface area contributed by atoms with Gasteiger partial charge in [0.1, 0.15) is 0 Å². The zero-order valence-corrected chi connectivity index (χ0v) is 24.1. The van der Waals surface area contributed by atoms with Crippen molar-refractivity contribution >= 4 is 43.6 Å². The molecule has 9 aromatic rings. The molecule has 9 rings (SSSR count). The maximum Gasteiger partial charge on any atom is 0.0641 e. The van der Waals surface area contributed by atoms with Crippen LogP contribution in [0, 0.1) is 0 Å². The van der Waals surface area contributed by atoms with Gasteiger partial charge in [-0.3, -0.25) is 0 Å². The van der Waals surface area contributed by atoms with Crippen LogP contribution in [0.4, 0.5) is 0 Å². The molecule has 2 aromatic heterocycles. The van der Waals surface area contributed by atoms with Gasteiger partial charge in [0.2, 0.25) is 0 Å². The van der Waals surface area contributed by atoms with E-state index in [1.807, 2.05) is 0 Å². The molecule has 2 heterocycles. The van der Waals surface area contributed by atoms with E-state index in [1.54, 1.807) is 0 Å². The van der Waals surface area contributed by atoms with Crippen molar-refractivity contribution in [1.82, 2.24) is 9.13 Å². The maximum atomic E-state index is 2.47. The number of aromatic nitrogens is 2. The summed E-state index contributed by atoms with van der Waals surface area (Å²) >= 11 is 0. The predicted molar refractivity (Wildman–Crippen MR) is 186 cm³/mol. The summed E-state index contributed by atoms with van der Waals surface area (Å²) in [6.45, 7) is 0. The smallest absolute Gasteiger partial charge is 0.0641 e. The molecule has 0 fully saturated rings. The first-order chi connectivity index (χ1) is 21.8. The fourth-order valence-electron chi connectivity index (χ4n) is 6.94. The van der Waals surface area contributed by atoms with Crippen molar-refractivity contribution in [3.63, 3.8) is 0 Å². The molecule has 0 atom stereocenters. The highest BCUT2D eigenvalue weighted by molar-refractivity contribution is 6.26. The van der Waals surface area contributed by atoms with E-state index in [0.29, 0.717) is 0 Å². The van der Waals surface area contributed by atoms with E-state index in [0.717, 1.165) is 11.4 Å². The number of hydrogen-bond donors (Lipinski definition) is 0. The Morgan fingerprint density at radius 2 is 0.864 bits per heavy atom. The van der Waals surface area contributed by atoms with Gasteiger partial charge >= 0.3 is 0 Å². The number of hydrogen-bond acceptors (Lipinski definition) is 0. The van der Waals surface area contributed by atoms with Crippen molar-refractivity contribution in [2.24, 2.45) is 0 Å². The predicted octanol–water partition coefficient (Wildman–Crippen LogP) is 11.2. The Hall–Kier alpha value is -5.86. The van der Waals surface area contributed by atoms with Crippen molar-refractivity contribution in [2.75, 3.05) is 0 Å². The van der Waals surface area contributed by atoms with Crippen LogP contribution in [0.1, 0.15) is 0 Å². The molecule has 0 N–H and O–H groups in total. The van der Waals surface area contributed by atoms with E-state index in [4.69, 9.17) is 0 Å². The lowest BCUT2D eigenvalue weighted by atomic mass is 10.0. The largest absolute Gasteiger partial charge is 0.309 e. The first-order valence-corrected chi connectivity index (χ1v) is 15.1. The van der Waals surface area contributed by atoms with Gasteiger partial charge in [0.25, 0.3) is 0 Å². The Kier molecular flexibility index (Phi) is 5.54. The summed E-state index contributed by atoms with van der Waals surface area (Å²) in [5.41, 5.74) is 12.1. The molecule has 0 unspecified atom stereocenters. The Balaban J connectivity index is 1.35. The zero-order valence-electron chi connectivity index (χ0n) is 24.1. The fraction of sp³-hybridized carbons (Fsp3) is 0. The molecule has 2 heteroatoms. The zero-order chi connectivity index (χ0) is 29.0. The van der Waals surface area contributed by atoms with Crippen LogP contribution < -0.4 is 0 Å². The molecule has 0 radical (unpaired) electrons. The summed E-state index contributed by atoms with van der Waals surface area (Å²) in [5.74, 6) is 0. The lowest BCUT2D eigenvalue weighted by molar-refractivity contribution is 1.17. The van der Waals surface area contributed by atoms with Gasteiger partial charge in [0.15, 0.2) is 0 Å². The van der Waals surface area contributed by atoms with Crippen LogP contribution in [0.25, 0.3) is 77.2 Å². The lowest BCUT2D eigenvalue weighted by Crippen LogP contribution is -1.96. The number of nitrogens with zero attached hydrogens (tertiary/aromatic N) is 2. The second-order valence-corrected chi connectivity index (χ2v) is 11.4. The van der Waals surface area contributed by atoms with E-state index in [9.17, 15) is 0 Å². The third-order valence-corrected chi connectivity index (χ3v) is 8.91. The Morgan fingerprint density at radius 1 is 0.295 bits per heavy atom. The molecular formula is C42H28N2. The standard InChI is InChI=1S/C42H28N2/c1-3-12-29(13-4-1)31-22-24-33(25-23-31)43-39-21-10-8-19-37(39)41-40(43)27-26-36-35-18-7-9-20-38(35)44(42(36)41)34-17-11-16-32(28-34)30-14-5-2-6-15-30/h1-28H. The summed E-state index contributed by atoms with van der Waals surface area (Å²) in [5, 5.41) is 5.05. The average molecular weight is 561 g/mol. The molecule has 0 aliphatic heterocycles. The lowest BCUT2D eigenvalue weighted by Gasteiger charge is -2.12. The van der Waals surface area contributed by atoms with Gasteiger partial charge in [-0.05, 0) is 64.7 Å². The van der Waals surface area contributed by atoms with Crippen LogP contribution in [0.5, 0.6) is 0 Å². The number of fused-ring (bicyclic) bond motifs is 7. The molecule has 0 saturated heterocycles. The molecule has 0 spiro atoms. The van der Waals surface area contributed by atoms with Crippen molar-refractivity contribution in [1.29, 1.82) is 0 Å². The minimum Gasteiger partial charge on any atom is -0.309 e. The molecule has 0 aliphatic carbocycles. The van der Waals surface area contributed by atoms with E-state index in [1.165, 1.54) is 65.9 Å². The average Bonchev–Trinajstić information content (AvgIpc) is 3.62. The first kappa shape index (κ1) is 24.7. The van der Waals surface area contributed by atoms with Gasteiger partial charge < -0.3 is 9.13 Å². The summed E-state index contributed by atoms with van der Waals surface area (Å²) in [6.07, 6.45) is 0. The maximum absolute atomic E-state index is 2.47. The van der Waals surface area contributed by atoms with Crippen LogP contribution in [-0.2, 0) is 0 Å². The molecular weight excluding hydrogens is 532 g/mol. The fourth-order valence-corrected chi connectivity index (χ4v) is 6.94. The van der Waals surface area contributed by atoms with Crippen LogP contribution in [0.2, 0.25) is 0 Å². The van der Waals surface area contributed by atoms with E-state index < -0.39 is 0 Å². The van der Waals surface area contributed by atoms with Crippen molar-refractivity contribution in [3.05, 3.63) is 170 Å². The third kappa shape index (κ3) is 3.75. The number of para-hydroxylation sites is 2. The monoisotopic (exact) mass is 560 g/mol. The topological polar surface area (TPSA) is 9.86 Å². The summed E-state index contributed by atoms with van der Waals surface area (Å²) in [4.78, 5) is 0. The van der Waals surface area contributed by atoms with Crippen LogP contribution in [-0.4, -0.2) is 9.13 Å². The quantitative estimate of drug-likeness (QED) is 0.203. The number of benzene rings is 7. The Bertz CT molecular complexity index is 2460. The minimum atomic E-state index is 1.16. The Morgan fingerprint density at radius 3 is 1.59 bits per heavy atom. The summed E-state index contributed by atoms with van der Waals surface area (Å²) in [7, 11) is 0. The van der Waals surface area contributed by atoms with Gasteiger partial charge in [-0.15, -0.1) is 0 Å².